The van der Waals surface area contributed by atoms with E-state index in [1.807, 2.05) is 56.5 Å². The van der Waals surface area contributed by atoms with Crippen LogP contribution < -0.4 is 0 Å². The zero-order chi connectivity index (χ0) is 27.4. The molecule has 0 bridgehead atoms. The maximum Gasteiger partial charge on any atom is 0.177 e. The number of aromatic nitrogens is 13. The Bertz CT molecular complexity index is 1010. The van der Waals surface area contributed by atoms with E-state index in [9.17, 15) is 0 Å². The summed E-state index contributed by atoms with van der Waals surface area (Å²) >= 11 is 0. The number of aryl methyl sites for hydroxylation is 4. The molecule has 0 aliphatic rings. The van der Waals surface area contributed by atoms with Gasteiger partial charge in [-0.15, -0.1) is 25.5 Å². The van der Waals surface area contributed by atoms with Gasteiger partial charge in [-0.2, -0.15) is 4.80 Å². The Hall–Kier alpha value is -3.51. The van der Waals surface area contributed by atoms with Crippen LogP contribution in [0.25, 0.3) is 0 Å². The molecule has 208 valence electrons. The number of tetrazole rings is 2. The van der Waals surface area contributed by atoms with Gasteiger partial charge in [0, 0.05) is 57.2 Å². The van der Waals surface area contributed by atoms with E-state index in [2.05, 4.69) is 87.7 Å². The summed E-state index contributed by atoms with van der Waals surface area (Å²) in [5, 5.41) is 30.2. The van der Waals surface area contributed by atoms with Crippen LogP contribution >= 0.6 is 0 Å². The van der Waals surface area contributed by atoms with Gasteiger partial charge in [0.25, 0.3) is 0 Å². The topological polar surface area (TPSA) is 136 Å². The van der Waals surface area contributed by atoms with Crippen molar-refractivity contribution in [3.8, 4) is 0 Å². The summed E-state index contributed by atoms with van der Waals surface area (Å²) in [5.41, 5.74) is 0. The molecular formula is C24H47N13. The molecule has 0 saturated heterocycles. The first kappa shape index (κ1) is 33.5. The van der Waals surface area contributed by atoms with Crippen molar-refractivity contribution in [1.29, 1.82) is 0 Å². The molecule has 0 aliphatic carbocycles. The molecule has 4 aromatic rings. The van der Waals surface area contributed by atoms with Crippen LogP contribution in [0.4, 0.5) is 0 Å². The van der Waals surface area contributed by atoms with Gasteiger partial charge in [-0.3, -0.25) is 0 Å². The van der Waals surface area contributed by atoms with E-state index in [4.69, 9.17) is 0 Å². The van der Waals surface area contributed by atoms with E-state index in [0.29, 0.717) is 23.7 Å². The highest BCUT2D eigenvalue weighted by molar-refractivity contribution is 4.95. The summed E-state index contributed by atoms with van der Waals surface area (Å²) in [7, 11) is 7.58. The number of imidazole rings is 1. The zero-order valence-corrected chi connectivity index (χ0v) is 23.9. The van der Waals surface area contributed by atoms with Crippen molar-refractivity contribution >= 4 is 0 Å². The fourth-order valence-electron chi connectivity index (χ4n) is 3.00. The zero-order valence-electron chi connectivity index (χ0n) is 23.9. The molecule has 0 aromatic carbocycles. The van der Waals surface area contributed by atoms with Gasteiger partial charge >= 0.3 is 0 Å². The van der Waals surface area contributed by atoms with Crippen molar-refractivity contribution in [2.24, 2.45) is 28.2 Å². The summed E-state index contributed by atoms with van der Waals surface area (Å²) in [4.78, 5) is 5.65. The molecule has 13 heteroatoms. The predicted molar refractivity (Wildman–Crippen MR) is 145 cm³/mol. The lowest BCUT2D eigenvalue weighted by Crippen LogP contribution is -2.00. The highest BCUT2D eigenvalue weighted by atomic mass is 15.6. The molecule has 4 rings (SSSR count). The second kappa shape index (κ2) is 16.3. The minimum absolute atomic E-state index is 0. The molecule has 0 unspecified atom stereocenters. The first-order valence-corrected chi connectivity index (χ1v) is 12.1. The van der Waals surface area contributed by atoms with Gasteiger partial charge in [0.2, 0.25) is 0 Å². The molecule has 0 spiro atoms. The molecule has 0 amide bonds. The first-order chi connectivity index (χ1) is 16.8. The highest BCUT2D eigenvalue weighted by Gasteiger charge is 2.05. The Kier molecular flexibility index (Phi) is 14.7. The predicted octanol–water partition coefficient (Wildman–Crippen LogP) is 3.79. The maximum atomic E-state index is 4.18. The molecule has 37 heavy (non-hydrogen) atoms. The third-order valence-corrected chi connectivity index (χ3v) is 4.85. The average molecular weight is 518 g/mol. The minimum Gasteiger partial charge on any atom is -0.338 e. The molecule has 4 heterocycles. The van der Waals surface area contributed by atoms with Crippen molar-refractivity contribution in [2.45, 2.75) is 86.5 Å². The van der Waals surface area contributed by atoms with Crippen LogP contribution in [0.3, 0.4) is 0 Å². The number of hydrogen-bond acceptors (Lipinski definition) is 9. The van der Waals surface area contributed by atoms with Gasteiger partial charge in [0.1, 0.15) is 18.0 Å². The maximum absolute atomic E-state index is 4.18. The van der Waals surface area contributed by atoms with Crippen LogP contribution in [0.1, 0.15) is 110 Å². The second-order valence-corrected chi connectivity index (χ2v) is 9.61. The van der Waals surface area contributed by atoms with Crippen LogP contribution in [-0.2, 0) is 28.2 Å². The largest absolute Gasteiger partial charge is 0.338 e. The van der Waals surface area contributed by atoms with Crippen LogP contribution in [0.5, 0.6) is 0 Å². The number of rotatable bonds is 4. The van der Waals surface area contributed by atoms with Crippen LogP contribution in [-0.4, -0.2) is 64.7 Å². The van der Waals surface area contributed by atoms with Gasteiger partial charge in [-0.05, 0) is 15.6 Å². The lowest BCUT2D eigenvalue weighted by molar-refractivity contribution is 0.625. The fourth-order valence-corrected chi connectivity index (χ4v) is 3.00. The molecule has 0 aliphatic heterocycles. The summed E-state index contributed by atoms with van der Waals surface area (Å²) in [6.45, 7) is 16.7. The minimum atomic E-state index is 0. The van der Waals surface area contributed by atoms with Crippen LogP contribution in [0.15, 0.2) is 18.7 Å². The van der Waals surface area contributed by atoms with Gasteiger partial charge in [-0.1, -0.05) is 62.8 Å². The quantitative estimate of drug-likeness (QED) is 0.396. The Morgan fingerprint density at radius 1 is 0.649 bits per heavy atom. The molecule has 13 nitrogen and oxygen atoms in total. The van der Waals surface area contributed by atoms with E-state index in [0.717, 1.165) is 23.3 Å². The second-order valence-electron chi connectivity index (χ2n) is 9.61. The van der Waals surface area contributed by atoms with Gasteiger partial charge < -0.3 is 9.13 Å². The third kappa shape index (κ3) is 11.4. The van der Waals surface area contributed by atoms with Crippen LogP contribution in [0.2, 0.25) is 0 Å². The molecule has 0 radical (unpaired) electrons. The normalized spacial score (nSPS) is 10.4. The molecule has 0 atom stereocenters. The molecular weight excluding hydrogens is 470 g/mol. The Morgan fingerprint density at radius 3 is 1.46 bits per heavy atom. The number of hydrogen-bond donors (Lipinski definition) is 0. The number of nitrogens with zero attached hydrogens (tertiary/aromatic N) is 13. The van der Waals surface area contributed by atoms with E-state index in [1.165, 1.54) is 4.80 Å². The molecule has 0 saturated carbocycles. The van der Waals surface area contributed by atoms with Gasteiger partial charge in [0.05, 0.1) is 7.05 Å². The van der Waals surface area contributed by atoms with Crippen molar-refractivity contribution < 1.29 is 0 Å². The molecule has 0 N–H and O–H groups in total. The van der Waals surface area contributed by atoms with Crippen LogP contribution in [0, 0.1) is 0 Å². The van der Waals surface area contributed by atoms with Crippen molar-refractivity contribution in [1.82, 2.24) is 64.7 Å². The van der Waals surface area contributed by atoms with Crippen molar-refractivity contribution in [2.75, 3.05) is 0 Å². The third-order valence-electron chi connectivity index (χ3n) is 4.85. The van der Waals surface area contributed by atoms with E-state index < -0.39 is 0 Å². The summed E-state index contributed by atoms with van der Waals surface area (Å²) in [6, 6.07) is 0. The highest BCUT2D eigenvalue weighted by Crippen LogP contribution is 2.09. The molecule has 4 aromatic heterocycles. The summed E-state index contributed by atoms with van der Waals surface area (Å²) < 4.78 is 5.67. The summed E-state index contributed by atoms with van der Waals surface area (Å²) in [5.74, 6) is 5.70. The van der Waals surface area contributed by atoms with Crippen molar-refractivity contribution in [3.05, 3.63) is 42.0 Å². The standard InChI is InChI=1S/C7H12N2.C6H11N3.2C5H10N4.CH4/c1-6(2)7-8-4-5-9(7)3;1-5(2)6-8-7-4-9(6)3;1-4(2)5-6-7-8-9(5)3;1-4(2)5-6-8-9(3)7-5;/h4-6H,1-3H3;4-5H,1-3H3;2*4H,1-3H3;1H4. The Labute approximate surface area is 221 Å². The average Bonchev–Trinajstić information content (AvgIpc) is 3.58. The Balaban J connectivity index is 0.000000463. The van der Waals surface area contributed by atoms with Gasteiger partial charge in [0.15, 0.2) is 11.6 Å². The fraction of sp³-hybridized carbons (Fsp3) is 0.708. The lowest BCUT2D eigenvalue weighted by atomic mass is 10.2. The Morgan fingerprint density at radius 2 is 1.24 bits per heavy atom. The van der Waals surface area contributed by atoms with E-state index in [-0.39, 0.29) is 7.43 Å². The lowest BCUT2D eigenvalue weighted by Gasteiger charge is -2.02. The molecule has 0 fully saturated rings. The van der Waals surface area contributed by atoms with Crippen molar-refractivity contribution in [3.63, 3.8) is 0 Å². The van der Waals surface area contributed by atoms with Gasteiger partial charge in [-0.25, -0.2) is 9.67 Å². The SMILES string of the molecule is C.CC(C)c1nccn1C.CC(C)c1nncn1C.CC(C)c1nnn(C)n1.CC(C)c1nnnn1C. The smallest absolute Gasteiger partial charge is 0.177 e. The monoisotopic (exact) mass is 517 g/mol. The summed E-state index contributed by atoms with van der Waals surface area (Å²) in [6.07, 6.45) is 5.51. The van der Waals surface area contributed by atoms with E-state index in [1.54, 1.807) is 18.1 Å². The van der Waals surface area contributed by atoms with E-state index >= 15 is 0 Å². The first-order valence-electron chi connectivity index (χ1n) is 12.1.